The van der Waals surface area contributed by atoms with Crippen LogP contribution >= 0.6 is 22.6 Å². The van der Waals surface area contributed by atoms with Crippen molar-refractivity contribution in [3.05, 3.63) is 35.4 Å². The molecule has 0 spiro atoms. The molecule has 16 heavy (non-hydrogen) atoms. The summed E-state index contributed by atoms with van der Waals surface area (Å²) in [5, 5.41) is 3.52. The summed E-state index contributed by atoms with van der Waals surface area (Å²) < 4.78 is 1.30. The predicted octanol–water partition coefficient (Wildman–Crippen LogP) is 4.08. The van der Waals surface area contributed by atoms with Gasteiger partial charge in [-0.2, -0.15) is 0 Å². The van der Waals surface area contributed by atoms with Gasteiger partial charge in [0.25, 0.3) is 0 Å². The van der Waals surface area contributed by atoms with Crippen molar-refractivity contribution in [2.45, 2.75) is 39.2 Å². The number of hydrogen-bond acceptors (Lipinski definition) is 1. The third-order valence-corrected chi connectivity index (χ3v) is 3.58. The average Bonchev–Trinajstić information content (AvgIpc) is 2.30. The second kappa shape index (κ2) is 8.99. The zero-order valence-electron chi connectivity index (χ0n) is 10.1. The first kappa shape index (κ1) is 14.0. The SMILES string of the molecule is Cc1ccccc1CNCCCCCCI. The van der Waals surface area contributed by atoms with Crippen molar-refractivity contribution in [2.24, 2.45) is 0 Å². The van der Waals surface area contributed by atoms with Gasteiger partial charge >= 0.3 is 0 Å². The molecule has 0 aromatic heterocycles. The molecule has 90 valence electrons. The van der Waals surface area contributed by atoms with Crippen LogP contribution in [0.25, 0.3) is 0 Å². The molecule has 0 saturated carbocycles. The van der Waals surface area contributed by atoms with Gasteiger partial charge in [-0.05, 0) is 41.9 Å². The second-order valence-corrected chi connectivity index (χ2v) is 5.29. The lowest BCUT2D eigenvalue weighted by molar-refractivity contribution is 0.600. The fourth-order valence-corrected chi connectivity index (χ4v) is 2.27. The lowest BCUT2D eigenvalue weighted by Gasteiger charge is -2.07. The number of rotatable bonds is 8. The van der Waals surface area contributed by atoms with E-state index in [1.807, 2.05) is 0 Å². The summed E-state index contributed by atoms with van der Waals surface area (Å²) in [5.74, 6) is 0. The van der Waals surface area contributed by atoms with Gasteiger partial charge in [-0.3, -0.25) is 0 Å². The molecule has 0 aliphatic carbocycles. The molecular weight excluding hydrogens is 309 g/mol. The molecule has 1 N–H and O–H groups in total. The zero-order valence-corrected chi connectivity index (χ0v) is 12.3. The van der Waals surface area contributed by atoms with E-state index in [9.17, 15) is 0 Å². The molecule has 1 aromatic carbocycles. The van der Waals surface area contributed by atoms with E-state index in [2.05, 4.69) is 59.1 Å². The largest absolute Gasteiger partial charge is 0.313 e. The molecule has 1 aromatic rings. The molecule has 0 bridgehead atoms. The van der Waals surface area contributed by atoms with Crippen LogP contribution < -0.4 is 5.32 Å². The standard InChI is InChI=1S/C14H22IN/c1-13-8-4-5-9-14(13)12-16-11-7-3-2-6-10-15/h4-5,8-9,16H,2-3,6-7,10-12H2,1H3. The Morgan fingerprint density at radius 1 is 1.06 bits per heavy atom. The monoisotopic (exact) mass is 331 g/mol. The molecular formula is C14H22IN. The van der Waals surface area contributed by atoms with Gasteiger partial charge in [0.15, 0.2) is 0 Å². The summed E-state index contributed by atoms with van der Waals surface area (Å²) in [4.78, 5) is 0. The third-order valence-electron chi connectivity index (χ3n) is 2.81. The van der Waals surface area contributed by atoms with Crippen LogP contribution in [0.3, 0.4) is 0 Å². The van der Waals surface area contributed by atoms with Crippen molar-refractivity contribution in [3.8, 4) is 0 Å². The lowest BCUT2D eigenvalue weighted by atomic mass is 10.1. The topological polar surface area (TPSA) is 12.0 Å². The summed E-state index contributed by atoms with van der Waals surface area (Å²) in [6.45, 7) is 4.34. The third kappa shape index (κ3) is 5.85. The van der Waals surface area contributed by atoms with Crippen LogP contribution in [0.15, 0.2) is 24.3 Å². The quantitative estimate of drug-likeness (QED) is 0.430. The number of halogens is 1. The maximum atomic E-state index is 3.52. The number of alkyl halides is 1. The van der Waals surface area contributed by atoms with Gasteiger partial charge in [0.05, 0.1) is 0 Å². The summed E-state index contributed by atoms with van der Waals surface area (Å²) in [7, 11) is 0. The van der Waals surface area contributed by atoms with Gasteiger partial charge in [-0.25, -0.2) is 0 Å². The Hall–Kier alpha value is -0.0900. The first-order valence-corrected chi connectivity index (χ1v) is 7.68. The molecule has 0 heterocycles. The van der Waals surface area contributed by atoms with E-state index in [4.69, 9.17) is 0 Å². The molecule has 0 saturated heterocycles. The molecule has 1 rings (SSSR count). The lowest BCUT2D eigenvalue weighted by Crippen LogP contribution is -2.15. The Morgan fingerprint density at radius 3 is 2.56 bits per heavy atom. The maximum Gasteiger partial charge on any atom is 0.0208 e. The van der Waals surface area contributed by atoms with Crippen LogP contribution in [0.1, 0.15) is 36.8 Å². The second-order valence-electron chi connectivity index (χ2n) is 4.21. The maximum absolute atomic E-state index is 3.52. The molecule has 0 fully saturated rings. The van der Waals surface area contributed by atoms with Gasteiger partial charge in [-0.15, -0.1) is 0 Å². The van der Waals surface area contributed by atoms with Gasteiger partial charge in [0, 0.05) is 6.54 Å². The first-order chi connectivity index (χ1) is 7.84. The Labute approximate surface area is 113 Å². The molecule has 0 unspecified atom stereocenters. The van der Waals surface area contributed by atoms with Crippen molar-refractivity contribution in [2.75, 3.05) is 11.0 Å². The highest BCUT2D eigenvalue weighted by atomic mass is 127. The number of nitrogens with one attached hydrogen (secondary N) is 1. The van der Waals surface area contributed by atoms with Crippen LogP contribution in [0, 0.1) is 6.92 Å². The van der Waals surface area contributed by atoms with Crippen molar-refractivity contribution in [3.63, 3.8) is 0 Å². The van der Waals surface area contributed by atoms with Crippen molar-refractivity contribution in [1.82, 2.24) is 5.32 Å². The van der Waals surface area contributed by atoms with E-state index in [1.54, 1.807) is 0 Å². The van der Waals surface area contributed by atoms with Crippen LogP contribution in [0.5, 0.6) is 0 Å². The first-order valence-electron chi connectivity index (χ1n) is 6.16. The van der Waals surface area contributed by atoms with E-state index in [-0.39, 0.29) is 0 Å². The summed E-state index contributed by atoms with van der Waals surface area (Å²) in [5.41, 5.74) is 2.81. The molecule has 0 amide bonds. The Morgan fingerprint density at radius 2 is 1.81 bits per heavy atom. The Balaban J connectivity index is 2.05. The molecule has 0 aliphatic heterocycles. The highest BCUT2D eigenvalue weighted by Crippen LogP contribution is 2.06. The highest BCUT2D eigenvalue weighted by molar-refractivity contribution is 14.1. The van der Waals surface area contributed by atoms with Gasteiger partial charge in [0.1, 0.15) is 0 Å². The minimum absolute atomic E-state index is 1.01. The van der Waals surface area contributed by atoms with Gasteiger partial charge < -0.3 is 5.32 Å². The zero-order chi connectivity index (χ0) is 11.6. The summed E-state index contributed by atoms with van der Waals surface area (Å²) in [6, 6.07) is 8.60. The Bertz CT molecular complexity index is 286. The Kier molecular flexibility index (Phi) is 7.85. The van der Waals surface area contributed by atoms with Gasteiger partial charge in [0.2, 0.25) is 0 Å². The van der Waals surface area contributed by atoms with E-state index in [1.165, 1.54) is 41.2 Å². The molecule has 0 aliphatic rings. The van der Waals surface area contributed by atoms with Crippen LogP contribution in [0.2, 0.25) is 0 Å². The van der Waals surface area contributed by atoms with E-state index < -0.39 is 0 Å². The predicted molar refractivity (Wildman–Crippen MR) is 80.2 cm³/mol. The number of hydrogen-bond donors (Lipinski definition) is 1. The minimum atomic E-state index is 1.01. The molecule has 0 atom stereocenters. The van der Waals surface area contributed by atoms with Crippen LogP contribution in [-0.4, -0.2) is 11.0 Å². The highest BCUT2D eigenvalue weighted by Gasteiger charge is 1.95. The smallest absolute Gasteiger partial charge is 0.0208 e. The number of unbranched alkanes of at least 4 members (excludes halogenated alkanes) is 3. The van der Waals surface area contributed by atoms with Crippen molar-refractivity contribution in [1.29, 1.82) is 0 Å². The van der Waals surface area contributed by atoms with E-state index in [0.717, 1.165) is 13.1 Å². The fraction of sp³-hybridized carbons (Fsp3) is 0.571. The number of benzene rings is 1. The molecule has 2 heteroatoms. The van der Waals surface area contributed by atoms with E-state index >= 15 is 0 Å². The van der Waals surface area contributed by atoms with Gasteiger partial charge in [-0.1, -0.05) is 59.7 Å². The van der Waals surface area contributed by atoms with Crippen LogP contribution in [-0.2, 0) is 6.54 Å². The number of aryl methyl sites for hydroxylation is 1. The van der Waals surface area contributed by atoms with Crippen molar-refractivity contribution >= 4 is 22.6 Å². The average molecular weight is 331 g/mol. The summed E-state index contributed by atoms with van der Waals surface area (Å²) >= 11 is 2.45. The minimum Gasteiger partial charge on any atom is -0.313 e. The summed E-state index contributed by atoms with van der Waals surface area (Å²) in [6.07, 6.45) is 5.43. The van der Waals surface area contributed by atoms with E-state index in [0.29, 0.717) is 0 Å². The molecule has 1 nitrogen and oxygen atoms in total. The fourth-order valence-electron chi connectivity index (χ4n) is 1.73. The van der Waals surface area contributed by atoms with Crippen molar-refractivity contribution < 1.29 is 0 Å². The molecule has 0 radical (unpaired) electrons. The van der Waals surface area contributed by atoms with Crippen LogP contribution in [0.4, 0.5) is 0 Å². The normalized spacial score (nSPS) is 10.6.